The van der Waals surface area contributed by atoms with E-state index < -0.39 is 11.9 Å². The third-order valence-corrected chi connectivity index (χ3v) is 6.05. The third-order valence-electron chi connectivity index (χ3n) is 6.05. The molecule has 11 heteroatoms. The number of esters is 1. The number of carbonyl (C=O) groups excluding carboxylic acids is 1. The summed E-state index contributed by atoms with van der Waals surface area (Å²) in [5.41, 5.74) is 8.86. The fourth-order valence-electron chi connectivity index (χ4n) is 4.26. The molecule has 0 bridgehead atoms. The minimum Gasteiger partial charge on any atom is -0.497 e. The van der Waals surface area contributed by atoms with Crippen LogP contribution in [0.3, 0.4) is 0 Å². The molecule has 1 aliphatic rings. The van der Waals surface area contributed by atoms with Gasteiger partial charge in [-0.2, -0.15) is 5.26 Å². The molecule has 3 heterocycles. The number of aromatic amines is 1. The summed E-state index contributed by atoms with van der Waals surface area (Å²) in [6.07, 6.45) is 1.36. The van der Waals surface area contributed by atoms with E-state index in [0.29, 0.717) is 22.6 Å². The number of nitrogens with two attached hydrogens (primary N) is 1. The predicted octanol–water partition coefficient (Wildman–Crippen LogP) is 4.13. The molecule has 1 aliphatic heterocycles. The number of nitrogens with zero attached hydrogens (tertiary/aromatic N) is 2. The molecule has 5 rings (SSSR count). The van der Waals surface area contributed by atoms with Crippen molar-refractivity contribution in [1.82, 2.24) is 10.2 Å². The molecule has 4 aromatic rings. The maximum absolute atomic E-state index is 12.6. The first-order valence-electron chi connectivity index (χ1n) is 11.3. The molecule has 2 aromatic heterocycles. The number of H-pyrrole nitrogens is 1. The Morgan fingerprint density at radius 1 is 1.08 bits per heavy atom. The Morgan fingerprint density at radius 2 is 1.79 bits per heavy atom. The van der Waals surface area contributed by atoms with Crippen LogP contribution >= 0.6 is 0 Å². The van der Waals surface area contributed by atoms with Crippen LogP contribution in [0.25, 0.3) is 11.3 Å². The number of nitriles is 1. The van der Waals surface area contributed by atoms with Crippen LogP contribution < -0.4 is 29.4 Å². The largest absolute Gasteiger partial charge is 0.497 e. The monoisotopic (exact) mass is 514 g/mol. The molecule has 38 heavy (non-hydrogen) atoms. The summed E-state index contributed by atoms with van der Waals surface area (Å²) < 4.78 is 32.7. The summed E-state index contributed by atoms with van der Waals surface area (Å²) in [7, 11) is 4.43. The number of carbonyl (C=O) groups is 1. The number of fused-ring (bicyclic) bond motifs is 1. The van der Waals surface area contributed by atoms with E-state index in [1.165, 1.54) is 26.5 Å². The van der Waals surface area contributed by atoms with Crippen molar-refractivity contribution >= 4 is 5.97 Å². The fourth-order valence-corrected chi connectivity index (χ4v) is 4.26. The lowest BCUT2D eigenvalue weighted by atomic mass is 9.82. The number of methoxy groups -OCH3 is 3. The maximum atomic E-state index is 12.6. The van der Waals surface area contributed by atoms with Crippen LogP contribution in [-0.2, 0) is 0 Å². The quantitative estimate of drug-likeness (QED) is 0.272. The van der Waals surface area contributed by atoms with Gasteiger partial charge in [-0.05, 0) is 54.1 Å². The van der Waals surface area contributed by atoms with Gasteiger partial charge in [0.15, 0.2) is 11.5 Å². The van der Waals surface area contributed by atoms with E-state index in [1.54, 1.807) is 25.3 Å². The summed E-state index contributed by atoms with van der Waals surface area (Å²) in [6, 6.07) is 15.8. The highest BCUT2D eigenvalue weighted by Crippen LogP contribution is 2.49. The van der Waals surface area contributed by atoms with Gasteiger partial charge in [0.25, 0.3) is 0 Å². The van der Waals surface area contributed by atoms with Gasteiger partial charge in [0, 0.05) is 5.56 Å². The van der Waals surface area contributed by atoms with E-state index in [2.05, 4.69) is 16.3 Å². The van der Waals surface area contributed by atoms with Crippen molar-refractivity contribution in [3.63, 3.8) is 0 Å². The first-order valence-corrected chi connectivity index (χ1v) is 11.3. The average molecular weight is 514 g/mol. The molecule has 1 atom stereocenters. The minimum atomic E-state index is -0.730. The van der Waals surface area contributed by atoms with Crippen molar-refractivity contribution in [2.24, 2.45) is 5.73 Å². The Bertz CT molecular complexity index is 1540. The molecule has 192 valence electrons. The van der Waals surface area contributed by atoms with E-state index in [4.69, 9.17) is 33.8 Å². The molecule has 11 nitrogen and oxygen atoms in total. The van der Waals surface area contributed by atoms with Crippen LogP contribution in [0.4, 0.5) is 0 Å². The van der Waals surface area contributed by atoms with Crippen LogP contribution in [0.5, 0.6) is 28.9 Å². The van der Waals surface area contributed by atoms with E-state index in [0.717, 1.165) is 5.56 Å². The maximum Gasteiger partial charge on any atom is 0.379 e. The lowest BCUT2D eigenvalue weighted by molar-refractivity contribution is 0.0691. The summed E-state index contributed by atoms with van der Waals surface area (Å²) in [5.74, 6) is -0.167. The van der Waals surface area contributed by atoms with Gasteiger partial charge in [0.1, 0.15) is 17.4 Å². The van der Waals surface area contributed by atoms with Crippen molar-refractivity contribution in [1.29, 1.82) is 5.26 Å². The topological polar surface area (TPSA) is 155 Å². The number of hydrogen-bond acceptors (Lipinski definition) is 10. The van der Waals surface area contributed by atoms with Gasteiger partial charge in [-0.25, -0.2) is 4.79 Å². The van der Waals surface area contributed by atoms with Gasteiger partial charge in [-0.3, -0.25) is 5.10 Å². The first-order chi connectivity index (χ1) is 18.5. The third kappa shape index (κ3) is 4.14. The molecular formula is C27H22N4O7. The Labute approximate surface area is 216 Å². The first kappa shape index (κ1) is 24.3. The normalized spacial score (nSPS) is 14.2. The molecular weight excluding hydrogens is 492 g/mol. The van der Waals surface area contributed by atoms with E-state index in [1.807, 2.05) is 24.3 Å². The number of aromatic nitrogens is 2. The van der Waals surface area contributed by atoms with Crippen molar-refractivity contribution in [2.75, 3.05) is 21.3 Å². The zero-order valence-electron chi connectivity index (χ0n) is 20.6. The van der Waals surface area contributed by atoms with Crippen LogP contribution in [-0.4, -0.2) is 37.5 Å². The van der Waals surface area contributed by atoms with Gasteiger partial charge < -0.3 is 33.8 Å². The molecule has 1 unspecified atom stereocenters. The molecule has 0 fully saturated rings. The number of nitrogens with one attached hydrogen (secondary N) is 1. The summed E-state index contributed by atoms with van der Waals surface area (Å²) in [5, 5.41) is 17.4. The number of allylic oxidation sites excluding steroid dienone is 1. The zero-order chi connectivity index (χ0) is 26.8. The summed E-state index contributed by atoms with van der Waals surface area (Å²) in [4.78, 5) is 12.6. The predicted molar refractivity (Wildman–Crippen MR) is 133 cm³/mol. The van der Waals surface area contributed by atoms with E-state index in [9.17, 15) is 10.1 Å². The molecule has 0 amide bonds. The number of ether oxygens (including phenoxy) is 5. The second kappa shape index (κ2) is 9.94. The molecule has 2 aromatic carbocycles. The Hall–Kier alpha value is -5.37. The van der Waals surface area contributed by atoms with Crippen molar-refractivity contribution in [2.45, 2.75) is 5.92 Å². The van der Waals surface area contributed by atoms with E-state index in [-0.39, 0.29) is 40.3 Å². The molecule has 0 saturated heterocycles. The second-order valence-corrected chi connectivity index (χ2v) is 8.09. The summed E-state index contributed by atoms with van der Waals surface area (Å²) in [6.45, 7) is 0. The van der Waals surface area contributed by atoms with Gasteiger partial charge in [0.05, 0.1) is 44.8 Å². The lowest BCUT2D eigenvalue weighted by Crippen LogP contribution is -2.21. The van der Waals surface area contributed by atoms with Crippen LogP contribution in [0, 0.1) is 11.3 Å². The summed E-state index contributed by atoms with van der Waals surface area (Å²) >= 11 is 0. The smallest absolute Gasteiger partial charge is 0.379 e. The highest BCUT2D eigenvalue weighted by molar-refractivity contribution is 5.89. The van der Waals surface area contributed by atoms with Gasteiger partial charge in [-0.1, -0.05) is 0 Å². The standard InChI is InChI=1S/C27H22N4O7/c1-33-16-8-6-14(7-9-16)23-22-21(17(13-28)25(29)38-26(22)31-30-23)15-11-19(34-2)24(20(12-15)35-3)37-27(32)18-5-4-10-36-18/h4-12,21H,29H2,1-3H3,(H,30,31). The van der Waals surface area contributed by atoms with Gasteiger partial charge in [0.2, 0.25) is 23.3 Å². The van der Waals surface area contributed by atoms with Crippen molar-refractivity contribution in [3.05, 3.63) is 83.1 Å². The zero-order valence-corrected chi connectivity index (χ0v) is 20.6. The average Bonchev–Trinajstić information content (AvgIpc) is 3.63. The molecule has 0 spiro atoms. The molecule has 3 N–H and O–H groups in total. The Balaban J connectivity index is 1.65. The number of hydrogen-bond donors (Lipinski definition) is 2. The molecule has 0 saturated carbocycles. The van der Waals surface area contributed by atoms with E-state index >= 15 is 0 Å². The highest BCUT2D eigenvalue weighted by Gasteiger charge is 2.37. The number of benzene rings is 2. The van der Waals surface area contributed by atoms with Gasteiger partial charge >= 0.3 is 5.97 Å². The molecule has 0 aliphatic carbocycles. The fraction of sp³-hybridized carbons (Fsp3) is 0.148. The minimum absolute atomic E-state index is 0.0113. The van der Waals surface area contributed by atoms with Crippen LogP contribution in [0.2, 0.25) is 0 Å². The Kier molecular flexibility index (Phi) is 6.37. The molecule has 0 radical (unpaired) electrons. The number of rotatable bonds is 7. The van der Waals surface area contributed by atoms with Crippen molar-refractivity contribution in [3.8, 4) is 46.2 Å². The van der Waals surface area contributed by atoms with Crippen LogP contribution in [0.15, 0.2) is 70.7 Å². The lowest BCUT2D eigenvalue weighted by Gasteiger charge is -2.25. The SMILES string of the molecule is COc1ccc(-c2[nH]nc3c2C(c2cc(OC)c(OC(=O)c4ccco4)c(OC)c2)C(C#N)=C(N)O3)cc1. The van der Waals surface area contributed by atoms with Crippen molar-refractivity contribution < 1.29 is 32.9 Å². The second-order valence-electron chi connectivity index (χ2n) is 8.09. The number of furan rings is 1. The Morgan fingerprint density at radius 3 is 2.37 bits per heavy atom. The van der Waals surface area contributed by atoms with Gasteiger partial charge in [-0.15, -0.1) is 5.10 Å². The van der Waals surface area contributed by atoms with Crippen LogP contribution in [0.1, 0.15) is 27.6 Å². The highest BCUT2D eigenvalue weighted by atomic mass is 16.6.